The number of benzene rings is 1. The number of rotatable bonds is 5. The van der Waals surface area contributed by atoms with Gasteiger partial charge in [-0.1, -0.05) is 12.1 Å². The lowest BCUT2D eigenvalue weighted by Crippen LogP contribution is -2.20. The van der Waals surface area contributed by atoms with Crippen LogP contribution in [0.15, 0.2) is 18.2 Å². The third kappa shape index (κ3) is 3.18. The van der Waals surface area contributed by atoms with Gasteiger partial charge in [0.1, 0.15) is 0 Å². The van der Waals surface area contributed by atoms with Crippen molar-refractivity contribution in [2.24, 2.45) is 5.92 Å². The van der Waals surface area contributed by atoms with Crippen LogP contribution in [-0.2, 0) is 0 Å². The van der Waals surface area contributed by atoms with Crippen LogP contribution in [0.5, 0.6) is 5.75 Å². The van der Waals surface area contributed by atoms with Gasteiger partial charge in [-0.05, 0) is 18.6 Å². The van der Waals surface area contributed by atoms with Crippen LogP contribution in [0, 0.1) is 18.7 Å². The van der Waals surface area contributed by atoms with E-state index in [2.05, 4.69) is 0 Å². The highest BCUT2D eigenvalue weighted by atomic mass is 19.1. The Balaban J connectivity index is 2.61. The predicted molar refractivity (Wildman–Crippen MR) is 54.3 cm³/mol. The first-order chi connectivity index (χ1) is 7.19. The molecular formula is C11H15FO3. The summed E-state index contributed by atoms with van der Waals surface area (Å²) in [7, 11) is 0. The molecule has 0 saturated carbocycles. The van der Waals surface area contributed by atoms with Crippen molar-refractivity contribution in [2.45, 2.75) is 6.92 Å². The fourth-order valence-corrected chi connectivity index (χ4v) is 1.10. The van der Waals surface area contributed by atoms with Gasteiger partial charge in [-0.2, -0.15) is 0 Å². The van der Waals surface area contributed by atoms with Gasteiger partial charge in [0.2, 0.25) is 0 Å². The molecule has 1 aromatic carbocycles. The van der Waals surface area contributed by atoms with Gasteiger partial charge in [-0.25, -0.2) is 4.39 Å². The molecule has 84 valence electrons. The molecule has 0 aliphatic rings. The number of aliphatic hydroxyl groups is 2. The third-order valence-electron chi connectivity index (χ3n) is 2.15. The van der Waals surface area contributed by atoms with Gasteiger partial charge in [-0.15, -0.1) is 0 Å². The third-order valence-corrected chi connectivity index (χ3v) is 2.15. The molecule has 4 heteroatoms. The van der Waals surface area contributed by atoms with Crippen molar-refractivity contribution in [2.75, 3.05) is 19.8 Å². The van der Waals surface area contributed by atoms with E-state index in [0.717, 1.165) is 0 Å². The second-order valence-corrected chi connectivity index (χ2v) is 3.43. The number of aliphatic hydroxyl groups excluding tert-OH is 2. The predicted octanol–water partition coefficient (Wildman–Crippen LogP) is 1.11. The summed E-state index contributed by atoms with van der Waals surface area (Å²) >= 11 is 0. The smallest absolute Gasteiger partial charge is 0.167 e. The molecule has 0 radical (unpaired) electrons. The molecule has 3 nitrogen and oxygen atoms in total. The first kappa shape index (κ1) is 11.9. The van der Waals surface area contributed by atoms with Crippen LogP contribution in [0.25, 0.3) is 0 Å². The fraction of sp³-hybridized carbons (Fsp3) is 0.455. The van der Waals surface area contributed by atoms with E-state index in [1.807, 2.05) is 0 Å². The molecule has 0 bridgehead atoms. The number of hydrogen-bond donors (Lipinski definition) is 2. The molecule has 0 fully saturated rings. The van der Waals surface area contributed by atoms with Gasteiger partial charge in [0.15, 0.2) is 11.6 Å². The Bertz CT molecular complexity index is 311. The zero-order valence-corrected chi connectivity index (χ0v) is 8.61. The van der Waals surface area contributed by atoms with E-state index < -0.39 is 5.82 Å². The van der Waals surface area contributed by atoms with Crippen LogP contribution in [0.3, 0.4) is 0 Å². The van der Waals surface area contributed by atoms with E-state index in [1.54, 1.807) is 19.1 Å². The molecule has 0 aromatic heterocycles. The fourth-order valence-electron chi connectivity index (χ4n) is 1.10. The van der Waals surface area contributed by atoms with Gasteiger partial charge in [0.05, 0.1) is 19.8 Å². The molecule has 15 heavy (non-hydrogen) atoms. The van der Waals surface area contributed by atoms with Gasteiger partial charge in [-0.3, -0.25) is 0 Å². The molecule has 2 N–H and O–H groups in total. The van der Waals surface area contributed by atoms with Crippen LogP contribution in [-0.4, -0.2) is 30.0 Å². The summed E-state index contributed by atoms with van der Waals surface area (Å²) < 4.78 is 18.6. The lowest BCUT2D eigenvalue weighted by Gasteiger charge is -2.13. The summed E-state index contributed by atoms with van der Waals surface area (Å²) in [6, 6.07) is 4.87. The second kappa shape index (κ2) is 5.68. The maximum absolute atomic E-state index is 13.4. The van der Waals surface area contributed by atoms with Crippen molar-refractivity contribution in [3.05, 3.63) is 29.6 Å². The van der Waals surface area contributed by atoms with Crippen LogP contribution in [0.2, 0.25) is 0 Å². The summed E-state index contributed by atoms with van der Waals surface area (Å²) in [5, 5.41) is 17.6. The minimum Gasteiger partial charge on any atom is -0.490 e. The lowest BCUT2D eigenvalue weighted by molar-refractivity contribution is 0.104. The van der Waals surface area contributed by atoms with Crippen LogP contribution < -0.4 is 4.74 Å². The normalized spacial score (nSPS) is 10.7. The first-order valence-corrected chi connectivity index (χ1v) is 4.78. The number of ether oxygens (including phenoxy) is 1. The zero-order chi connectivity index (χ0) is 11.3. The molecule has 0 unspecified atom stereocenters. The van der Waals surface area contributed by atoms with Crippen LogP contribution in [0.1, 0.15) is 5.56 Å². The van der Waals surface area contributed by atoms with Crippen molar-refractivity contribution in [3.8, 4) is 5.75 Å². The highest BCUT2D eigenvalue weighted by Crippen LogP contribution is 2.20. The average Bonchev–Trinajstić information content (AvgIpc) is 2.25. The maximum Gasteiger partial charge on any atom is 0.167 e. The average molecular weight is 214 g/mol. The Hall–Kier alpha value is -1.13. The van der Waals surface area contributed by atoms with Crippen LogP contribution >= 0.6 is 0 Å². The highest BCUT2D eigenvalue weighted by Gasteiger charge is 2.10. The molecule has 0 saturated heterocycles. The summed E-state index contributed by atoms with van der Waals surface area (Å²) in [6.07, 6.45) is 0. The molecule has 1 aromatic rings. The van der Waals surface area contributed by atoms with Crippen LogP contribution in [0.4, 0.5) is 4.39 Å². The molecule has 0 spiro atoms. The van der Waals surface area contributed by atoms with Gasteiger partial charge in [0, 0.05) is 5.92 Å². The van der Waals surface area contributed by atoms with E-state index >= 15 is 0 Å². The first-order valence-electron chi connectivity index (χ1n) is 4.78. The van der Waals surface area contributed by atoms with E-state index in [0.29, 0.717) is 5.56 Å². The molecule has 0 aliphatic heterocycles. The van der Waals surface area contributed by atoms with Gasteiger partial charge >= 0.3 is 0 Å². The molecule has 0 atom stereocenters. The summed E-state index contributed by atoms with van der Waals surface area (Å²) in [5.41, 5.74) is 0.511. The SMILES string of the molecule is Cc1cccc(OCC(CO)CO)c1F. The van der Waals surface area contributed by atoms with Crippen molar-refractivity contribution in [3.63, 3.8) is 0 Å². The summed E-state index contributed by atoms with van der Waals surface area (Å²) in [5.74, 6) is -0.612. The van der Waals surface area contributed by atoms with E-state index in [4.69, 9.17) is 14.9 Å². The monoisotopic (exact) mass is 214 g/mol. The summed E-state index contributed by atoms with van der Waals surface area (Å²) in [6.45, 7) is 1.40. The quantitative estimate of drug-likeness (QED) is 0.772. The highest BCUT2D eigenvalue weighted by molar-refractivity contribution is 5.30. The van der Waals surface area contributed by atoms with Crippen molar-refractivity contribution in [1.29, 1.82) is 0 Å². The zero-order valence-electron chi connectivity index (χ0n) is 8.61. The van der Waals surface area contributed by atoms with E-state index in [9.17, 15) is 4.39 Å². The van der Waals surface area contributed by atoms with Crippen molar-refractivity contribution >= 4 is 0 Å². The Kier molecular flexibility index (Phi) is 4.52. The standard InChI is InChI=1S/C11H15FO3/c1-8-3-2-4-10(11(8)12)15-7-9(5-13)6-14/h2-4,9,13-14H,5-7H2,1H3. The van der Waals surface area contributed by atoms with Gasteiger partial charge < -0.3 is 14.9 Å². The summed E-state index contributed by atoms with van der Waals surface area (Å²) in [4.78, 5) is 0. The van der Waals surface area contributed by atoms with Crippen molar-refractivity contribution < 1.29 is 19.3 Å². The number of hydrogen-bond acceptors (Lipinski definition) is 3. The Morgan fingerprint density at radius 1 is 1.33 bits per heavy atom. The van der Waals surface area contributed by atoms with E-state index in [1.165, 1.54) is 6.07 Å². The van der Waals surface area contributed by atoms with Crippen molar-refractivity contribution in [1.82, 2.24) is 0 Å². The molecule has 0 amide bonds. The number of aryl methyl sites for hydroxylation is 1. The Labute approximate surface area is 88.1 Å². The minimum absolute atomic E-state index is 0.105. The Morgan fingerprint density at radius 3 is 2.60 bits per heavy atom. The van der Waals surface area contributed by atoms with Gasteiger partial charge in [0.25, 0.3) is 0 Å². The van der Waals surface area contributed by atoms with E-state index in [-0.39, 0.29) is 31.5 Å². The minimum atomic E-state index is -0.396. The molecular weight excluding hydrogens is 199 g/mol. The second-order valence-electron chi connectivity index (χ2n) is 3.43. The molecule has 1 rings (SSSR count). The Morgan fingerprint density at radius 2 is 2.00 bits per heavy atom. The number of halogens is 1. The lowest BCUT2D eigenvalue weighted by atomic mass is 10.2. The topological polar surface area (TPSA) is 49.7 Å². The molecule has 0 heterocycles. The largest absolute Gasteiger partial charge is 0.490 e. The molecule has 0 aliphatic carbocycles. The maximum atomic E-state index is 13.4.